The summed E-state index contributed by atoms with van der Waals surface area (Å²) >= 11 is 0. The van der Waals surface area contributed by atoms with Crippen molar-refractivity contribution in [3.63, 3.8) is 0 Å². The minimum atomic E-state index is -0.358. The van der Waals surface area contributed by atoms with Crippen LogP contribution in [0, 0.1) is 0 Å². The molecule has 3 nitrogen and oxygen atoms in total. The summed E-state index contributed by atoms with van der Waals surface area (Å²) in [6, 6.07) is 7.48. The van der Waals surface area contributed by atoms with Gasteiger partial charge in [-0.15, -0.1) is 0 Å². The summed E-state index contributed by atoms with van der Waals surface area (Å²) in [6.45, 7) is 2.59. The third-order valence-electron chi connectivity index (χ3n) is 1.80. The van der Waals surface area contributed by atoms with Crippen LogP contribution in [0.3, 0.4) is 0 Å². The molecule has 0 saturated heterocycles. The third kappa shape index (κ3) is 3.85. The van der Waals surface area contributed by atoms with Gasteiger partial charge in [0.15, 0.2) is 0 Å². The van der Waals surface area contributed by atoms with Crippen molar-refractivity contribution in [2.75, 3.05) is 13.7 Å². The molecule has 0 unspecified atom stereocenters. The summed E-state index contributed by atoms with van der Waals surface area (Å²) in [5.41, 5.74) is 0.934. The Morgan fingerprint density at radius 2 is 2.00 bits per heavy atom. The Morgan fingerprint density at radius 1 is 1.33 bits per heavy atom. The standard InChI is InChI=1S/C12H14O3/c1-3-15-11-7-4-10(5-8-11)6-9-12(13)14-2/h4-9H,3H2,1-2H3/b9-6+. The second-order valence-electron chi connectivity index (χ2n) is 2.86. The fourth-order valence-electron chi connectivity index (χ4n) is 1.07. The van der Waals surface area contributed by atoms with Gasteiger partial charge < -0.3 is 9.47 Å². The Labute approximate surface area is 89.3 Å². The van der Waals surface area contributed by atoms with E-state index < -0.39 is 0 Å². The van der Waals surface area contributed by atoms with Crippen LogP contribution in [0.15, 0.2) is 30.3 Å². The van der Waals surface area contributed by atoms with Crippen LogP contribution in [0.2, 0.25) is 0 Å². The van der Waals surface area contributed by atoms with Gasteiger partial charge in [-0.3, -0.25) is 0 Å². The zero-order valence-corrected chi connectivity index (χ0v) is 8.90. The molecule has 0 spiro atoms. The summed E-state index contributed by atoms with van der Waals surface area (Å²) in [6.07, 6.45) is 3.08. The first-order valence-electron chi connectivity index (χ1n) is 4.75. The number of rotatable bonds is 4. The number of benzene rings is 1. The summed E-state index contributed by atoms with van der Waals surface area (Å²) in [5, 5.41) is 0. The van der Waals surface area contributed by atoms with E-state index in [2.05, 4.69) is 4.74 Å². The molecule has 0 bridgehead atoms. The average Bonchev–Trinajstić information content (AvgIpc) is 2.28. The summed E-state index contributed by atoms with van der Waals surface area (Å²) in [5.74, 6) is 0.469. The van der Waals surface area contributed by atoms with Crippen LogP contribution in [-0.4, -0.2) is 19.7 Å². The molecule has 0 aliphatic carbocycles. The summed E-state index contributed by atoms with van der Waals surface area (Å²) in [7, 11) is 1.35. The first-order valence-corrected chi connectivity index (χ1v) is 4.75. The Kier molecular flexibility index (Phi) is 4.41. The van der Waals surface area contributed by atoms with Crippen molar-refractivity contribution in [1.29, 1.82) is 0 Å². The number of esters is 1. The molecule has 0 amide bonds. The van der Waals surface area contributed by atoms with Gasteiger partial charge >= 0.3 is 5.97 Å². The van der Waals surface area contributed by atoms with Crippen LogP contribution in [0.4, 0.5) is 0 Å². The Hall–Kier alpha value is -1.77. The SMILES string of the molecule is CCOc1ccc(/C=C/C(=O)OC)cc1. The van der Waals surface area contributed by atoms with Crippen LogP contribution in [0.25, 0.3) is 6.08 Å². The van der Waals surface area contributed by atoms with E-state index >= 15 is 0 Å². The number of carbonyl (C=O) groups is 1. The van der Waals surface area contributed by atoms with Crippen LogP contribution < -0.4 is 4.74 Å². The lowest BCUT2D eigenvalue weighted by Gasteiger charge is -2.01. The molecule has 1 aromatic rings. The summed E-state index contributed by atoms with van der Waals surface area (Å²) in [4.78, 5) is 10.8. The molecule has 0 radical (unpaired) electrons. The van der Waals surface area contributed by atoms with Gasteiger partial charge in [0, 0.05) is 6.08 Å². The second-order valence-corrected chi connectivity index (χ2v) is 2.86. The zero-order chi connectivity index (χ0) is 11.1. The van der Waals surface area contributed by atoms with Gasteiger partial charge in [-0.05, 0) is 30.7 Å². The van der Waals surface area contributed by atoms with Gasteiger partial charge in [-0.25, -0.2) is 4.79 Å². The van der Waals surface area contributed by atoms with E-state index in [0.717, 1.165) is 11.3 Å². The van der Waals surface area contributed by atoms with E-state index in [1.165, 1.54) is 13.2 Å². The monoisotopic (exact) mass is 206 g/mol. The largest absolute Gasteiger partial charge is 0.494 e. The third-order valence-corrected chi connectivity index (χ3v) is 1.80. The highest BCUT2D eigenvalue weighted by molar-refractivity contribution is 5.86. The number of ether oxygens (including phenoxy) is 2. The van der Waals surface area contributed by atoms with Gasteiger partial charge in [0.1, 0.15) is 5.75 Å². The highest BCUT2D eigenvalue weighted by atomic mass is 16.5. The Bertz CT molecular complexity index is 338. The highest BCUT2D eigenvalue weighted by Gasteiger charge is 1.93. The van der Waals surface area contributed by atoms with Crippen molar-refractivity contribution < 1.29 is 14.3 Å². The predicted molar refractivity (Wildman–Crippen MR) is 58.7 cm³/mol. The minimum Gasteiger partial charge on any atom is -0.494 e. The van der Waals surface area contributed by atoms with Gasteiger partial charge in [0.2, 0.25) is 0 Å². The quantitative estimate of drug-likeness (QED) is 0.560. The molecule has 1 aromatic carbocycles. The Morgan fingerprint density at radius 3 is 2.53 bits per heavy atom. The molecule has 15 heavy (non-hydrogen) atoms. The van der Waals surface area contributed by atoms with Gasteiger partial charge in [-0.1, -0.05) is 12.1 Å². The van der Waals surface area contributed by atoms with Crippen molar-refractivity contribution in [2.24, 2.45) is 0 Å². The Balaban J connectivity index is 2.64. The van der Waals surface area contributed by atoms with E-state index in [-0.39, 0.29) is 5.97 Å². The number of methoxy groups -OCH3 is 1. The molecule has 80 valence electrons. The normalized spacial score (nSPS) is 10.3. The van der Waals surface area contributed by atoms with Gasteiger partial charge in [-0.2, -0.15) is 0 Å². The molecule has 0 aromatic heterocycles. The van der Waals surface area contributed by atoms with Crippen molar-refractivity contribution in [2.45, 2.75) is 6.92 Å². The number of hydrogen-bond donors (Lipinski definition) is 0. The maximum Gasteiger partial charge on any atom is 0.330 e. The predicted octanol–water partition coefficient (Wildman–Crippen LogP) is 2.27. The lowest BCUT2D eigenvalue weighted by Crippen LogP contribution is -1.93. The van der Waals surface area contributed by atoms with Gasteiger partial charge in [0.25, 0.3) is 0 Å². The smallest absolute Gasteiger partial charge is 0.330 e. The molecule has 0 saturated carbocycles. The van der Waals surface area contributed by atoms with Crippen molar-refractivity contribution in [3.05, 3.63) is 35.9 Å². The fraction of sp³-hybridized carbons (Fsp3) is 0.250. The molecule has 0 aliphatic rings. The lowest BCUT2D eigenvalue weighted by atomic mass is 10.2. The molecular formula is C12H14O3. The molecule has 1 rings (SSSR count). The molecule has 0 atom stereocenters. The average molecular weight is 206 g/mol. The van der Waals surface area contributed by atoms with Crippen molar-refractivity contribution in [1.82, 2.24) is 0 Å². The molecule has 0 N–H and O–H groups in total. The van der Waals surface area contributed by atoms with Crippen LogP contribution in [-0.2, 0) is 9.53 Å². The van der Waals surface area contributed by atoms with Crippen LogP contribution >= 0.6 is 0 Å². The van der Waals surface area contributed by atoms with Crippen molar-refractivity contribution in [3.8, 4) is 5.75 Å². The maximum atomic E-state index is 10.8. The fourth-order valence-corrected chi connectivity index (χ4v) is 1.07. The first-order chi connectivity index (χ1) is 7.26. The number of hydrogen-bond acceptors (Lipinski definition) is 3. The second kappa shape index (κ2) is 5.86. The summed E-state index contributed by atoms with van der Waals surface area (Å²) < 4.78 is 9.78. The molecule has 0 fully saturated rings. The molecule has 0 aliphatic heterocycles. The minimum absolute atomic E-state index is 0.358. The molecule has 0 heterocycles. The van der Waals surface area contributed by atoms with Crippen LogP contribution in [0.5, 0.6) is 5.75 Å². The van der Waals surface area contributed by atoms with E-state index in [1.807, 2.05) is 31.2 Å². The highest BCUT2D eigenvalue weighted by Crippen LogP contribution is 2.12. The van der Waals surface area contributed by atoms with E-state index in [1.54, 1.807) is 6.08 Å². The number of carbonyl (C=O) groups excluding carboxylic acids is 1. The lowest BCUT2D eigenvalue weighted by molar-refractivity contribution is -0.134. The van der Waals surface area contributed by atoms with E-state index in [0.29, 0.717) is 6.61 Å². The first kappa shape index (κ1) is 11.3. The molecular weight excluding hydrogens is 192 g/mol. The van der Waals surface area contributed by atoms with Crippen molar-refractivity contribution >= 4 is 12.0 Å². The van der Waals surface area contributed by atoms with E-state index in [9.17, 15) is 4.79 Å². The van der Waals surface area contributed by atoms with Gasteiger partial charge in [0.05, 0.1) is 13.7 Å². The zero-order valence-electron chi connectivity index (χ0n) is 8.90. The maximum absolute atomic E-state index is 10.8. The van der Waals surface area contributed by atoms with E-state index in [4.69, 9.17) is 4.74 Å². The molecule has 3 heteroatoms. The van der Waals surface area contributed by atoms with Crippen LogP contribution in [0.1, 0.15) is 12.5 Å². The topological polar surface area (TPSA) is 35.5 Å².